The molecule has 1 unspecified atom stereocenters. The molecule has 0 radical (unpaired) electrons. The van der Waals surface area contributed by atoms with E-state index in [9.17, 15) is 0 Å². The molecule has 0 amide bonds. The van der Waals surface area contributed by atoms with E-state index in [0.717, 1.165) is 31.5 Å². The lowest BCUT2D eigenvalue weighted by Gasteiger charge is -2.32. The summed E-state index contributed by atoms with van der Waals surface area (Å²) in [6.07, 6.45) is 5.18. The fraction of sp³-hybridized carbons (Fsp3) is 0.933. The van der Waals surface area contributed by atoms with Crippen molar-refractivity contribution in [2.45, 2.75) is 52.1 Å². The molecule has 0 aromatic rings. The van der Waals surface area contributed by atoms with Crippen molar-refractivity contribution >= 4 is 5.96 Å². The zero-order valence-electron chi connectivity index (χ0n) is 12.7. The molecule has 0 aromatic heterocycles. The van der Waals surface area contributed by atoms with Crippen LogP contribution in [-0.2, 0) is 4.74 Å². The number of ether oxygens (including phenoxy) is 1. The SMILES string of the molecule is CC1CCCN(C(N)=NCC(C)(C)OCC2CC2)C1. The molecule has 0 aromatic carbocycles. The van der Waals surface area contributed by atoms with Gasteiger partial charge in [0.2, 0.25) is 0 Å². The fourth-order valence-corrected chi connectivity index (χ4v) is 2.44. The Morgan fingerprint density at radius 3 is 2.74 bits per heavy atom. The quantitative estimate of drug-likeness (QED) is 0.614. The number of rotatable bonds is 5. The lowest BCUT2D eigenvalue weighted by Crippen LogP contribution is -2.44. The monoisotopic (exact) mass is 267 g/mol. The van der Waals surface area contributed by atoms with E-state index in [-0.39, 0.29) is 5.60 Å². The van der Waals surface area contributed by atoms with Gasteiger partial charge in [0.25, 0.3) is 0 Å². The van der Waals surface area contributed by atoms with E-state index in [4.69, 9.17) is 10.5 Å². The second-order valence-corrected chi connectivity index (χ2v) is 6.88. The molecule has 19 heavy (non-hydrogen) atoms. The minimum Gasteiger partial charge on any atom is -0.373 e. The largest absolute Gasteiger partial charge is 0.373 e. The van der Waals surface area contributed by atoms with Gasteiger partial charge in [0.05, 0.1) is 18.8 Å². The van der Waals surface area contributed by atoms with Crippen molar-refractivity contribution in [3.05, 3.63) is 0 Å². The summed E-state index contributed by atoms with van der Waals surface area (Å²) in [4.78, 5) is 6.76. The smallest absolute Gasteiger partial charge is 0.191 e. The maximum Gasteiger partial charge on any atom is 0.191 e. The van der Waals surface area contributed by atoms with Crippen LogP contribution in [0.2, 0.25) is 0 Å². The molecular weight excluding hydrogens is 238 g/mol. The number of aliphatic imine (C=N–C) groups is 1. The Balaban J connectivity index is 1.78. The summed E-state index contributed by atoms with van der Waals surface area (Å²) in [6, 6.07) is 0. The summed E-state index contributed by atoms with van der Waals surface area (Å²) >= 11 is 0. The Kier molecular flexibility index (Phi) is 4.71. The molecule has 1 aliphatic carbocycles. The van der Waals surface area contributed by atoms with E-state index >= 15 is 0 Å². The molecule has 4 nitrogen and oxygen atoms in total. The molecule has 0 spiro atoms. The molecule has 1 aliphatic heterocycles. The Morgan fingerprint density at radius 2 is 2.11 bits per heavy atom. The fourth-order valence-electron chi connectivity index (χ4n) is 2.44. The van der Waals surface area contributed by atoms with Gasteiger partial charge >= 0.3 is 0 Å². The van der Waals surface area contributed by atoms with Crippen LogP contribution in [0.1, 0.15) is 46.5 Å². The highest BCUT2D eigenvalue weighted by Gasteiger charge is 2.26. The Morgan fingerprint density at radius 1 is 1.37 bits per heavy atom. The van der Waals surface area contributed by atoms with Crippen molar-refractivity contribution in [2.24, 2.45) is 22.6 Å². The van der Waals surface area contributed by atoms with Gasteiger partial charge in [-0.2, -0.15) is 0 Å². The van der Waals surface area contributed by atoms with Crippen molar-refractivity contribution < 1.29 is 4.74 Å². The molecular formula is C15H29N3O. The predicted molar refractivity (Wildman–Crippen MR) is 79.2 cm³/mol. The van der Waals surface area contributed by atoms with Crippen LogP contribution in [0.4, 0.5) is 0 Å². The first kappa shape index (κ1) is 14.6. The molecule has 4 heteroatoms. The van der Waals surface area contributed by atoms with E-state index in [1.165, 1.54) is 25.7 Å². The molecule has 2 N–H and O–H groups in total. The van der Waals surface area contributed by atoms with Crippen LogP contribution in [0.25, 0.3) is 0 Å². The van der Waals surface area contributed by atoms with Crippen molar-refractivity contribution in [3.63, 3.8) is 0 Å². The molecule has 110 valence electrons. The number of guanidine groups is 1. The number of hydrogen-bond donors (Lipinski definition) is 1. The highest BCUT2D eigenvalue weighted by molar-refractivity contribution is 5.78. The van der Waals surface area contributed by atoms with Gasteiger partial charge in [0, 0.05) is 13.1 Å². The van der Waals surface area contributed by atoms with Gasteiger partial charge in [-0.05, 0) is 51.4 Å². The lowest BCUT2D eigenvalue weighted by molar-refractivity contribution is -0.0159. The van der Waals surface area contributed by atoms with Crippen LogP contribution < -0.4 is 5.73 Å². The number of hydrogen-bond acceptors (Lipinski definition) is 2. The second-order valence-electron chi connectivity index (χ2n) is 6.88. The molecule has 2 aliphatic rings. The molecule has 1 atom stereocenters. The summed E-state index contributed by atoms with van der Waals surface area (Å²) < 4.78 is 5.93. The third kappa shape index (κ3) is 5.01. The highest BCUT2D eigenvalue weighted by atomic mass is 16.5. The molecule has 2 fully saturated rings. The zero-order valence-corrected chi connectivity index (χ0v) is 12.7. The number of nitrogens with zero attached hydrogens (tertiary/aromatic N) is 2. The van der Waals surface area contributed by atoms with Gasteiger partial charge in [-0.15, -0.1) is 0 Å². The van der Waals surface area contributed by atoms with Gasteiger partial charge in [-0.3, -0.25) is 4.99 Å². The summed E-state index contributed by atoms with van der Waals surface area (Å²) in [7, 11) is 0. The maximum atomic E-state index is 6.11. The summed E-state index contributed by atoms with van der Waals surface area (Å²) in [6.45, 7) is 10.1. The number of nitrogens with two attached hydrogens (primary N) is 1. The van der Waals surface area contributed by atoms with Gasteiger partial charge < -0.3 is 15.4 Å². The van der Waals surface area contributed by atoms with E-state index in [1.54, 1.807) is 0 Å². The maximum absolute atomic E-state index is 6.11. The molecule has 1 saturated heterocycles. The van der Waals surface area contributed by atoms with Crippen LogP contribution in [-0.4, -0.2) is 42.7 Å². The van der Waals surface area contributed by atoms with Crippen molar-refractivity contribution in [2.75, 3.05) is 26.2 Å². The Hall–Kier alpha value is -0.770. The summed E-state index contributed by atoms with van der Waals surface area (Å²) in [5, 5.41) is 0. The van der Waals surface area contributed by atoms with Gasteiger partial charge in [0.15, 0.2) is 5.96 Å². The number of likely N-dealkylation sites (tertiary alicyclic amines) is 1. The highest BCUT2D eigenvalue weighted by Crippen LogP contribution is 2.30. The van der Waals surface area contributed by atoms with E-state index < -0.39 is 0 Å². The van der Waals surface area contributed by atoms with E-state index in [0.29, 0.717) is 12.5 Å². The lowest BCUT2D eigenvalue weighted by atomic mass is 10.0. The molecule has 2 rings (SSSR count). The molecule has 0 bridgehead atoms. The van der Waals surface area contributed by atoms with Crippen molar-refractivity contribution in [1.29, 1.82) is 0 Å². The average Bonchev–Trinajstić information content (AvgIpc) is 3.18. The van der Waals surface area contributed by atoms with Crippen LogP contribution in [0.3, 0.4) is 0 Å². The van der Waals surface area contributed by atoms with Crippen molar-refractivity contribution in [1.82, 2.24) is 4.90 Å². The first-order valence-electron chi connectivity index (χ1n) is 7.65. The minimum absolute atomic E-state index is 0.200. The normalized spacial score (nSPS) is 25.7. The Bertz CT molecular complexity index is 323. The van der Waals surface area contributed by atoms with Crippen LogP contribution in [0.15, 0.2) is 4.99 Å². The third-order valence-electron chi connectivity index (χ3n) is 4.01. The second kappa shape index (κ2) is 6.12. The summed E-state index contributed by atoms with van der Waals surface area (Å²) in [5.74, 6) is 2.21. The molecule has 1 saturated carbocycles. The Labute approximate surface area is 117 Å². The van der Waals surface area contributed by atoms with Gasteiger partial charge in [0.1, 0.15) is 0 Å². The average molecular weight is 267 g/mol. The van der Waals surface area contributed by atoms with E-state index in [2.05, 4.69) is 30.7 Å². The topological polar surface area (TPSA) is 50.8 Å². The zero-order chi connectivity index (χ0) is 13.9. The van der Waals surface area contributed by atoms with Crippen molar-refractivity contribution in [3.8, 4) is 0 Å². The number of piperidine rings is 1. The van der Waals surface area contributed by atoms with Gasteiger partial charge in [-0.1, -0.05) is 6.92 Å². The molecule has 1 heterocycles. The minimum atomic E-state index is -0.200. The van der Waals surface area contributed by atoms with Crippen LogP contribution in [0.5, 0.6) is 0 Å². The third-order valence-corrected chi connectivity index (χ3v) is 4.01. The van der Waals surface area contributed by atoms with Crippen LogP contribution >= 0.6 is 0 Å². The predicted octanol–water partition coefficient (Wildman–Crippen LogP) is 2.24. The van der Waals surface area contributed by atoms with E-state index in [1.807, 2.05) is 0 Å². The standard InChI is InChI=1S/C15H29N3O/c1-12-5-4-8-18(9-12)14(16)17-11-15(2,3)19-10-13-6-7-13/h12-13H,4-11H2,1-3H3,(H2,16,17). The van der Waals surface area contributed by atoms with Crippen LogP contribution in [0, 0.1) is 11.8 Å². The van der Waals surface area contributed by atoms with Gasteiger partial charge in [-0.25, -0.2) is 0 Å². The first-order valence-corrected chi connectivity index (χ1v) is 7.65. The summed E-state index contributed by atoms with van der Waals surface area (Å²) in [5.41, 5.74) is 5.91. The first-order chi connectivity index (χ1) is 8.96.